The Morgan fingerprint density at radius 1 is 1.29 bits per heavy atom. The molecule has 0 aliphatic heterocycles. The summed E-state index contributed by atoms with van der Waals surface area (Å²) in [4.78, 5) is 14.0. The molecule has 0 saturated carbocycles. The quantitative estimate of drug-likeness (QED) is 0.850. The number of rotatable bonds is 4. The third-order valence-electron chi connectivity index (χ3n) is 2.48. The van der Waals surface area contributed by atoms with Gasteiger partial charge in [-0.05, 0) is 31.2 Å². The molecule has 0 aliphatic rings. The monoisotopic (exact) mass is 231 g/mol. The largest absolute Gasteiger partial charge is 0.484 e. The maximum atomic E-state index is 11.0. The summed E-state index contributed by atoms with van der Waals surface area (Å²) in [5.41, 5.74) is 1.08. The van der Waals surface area contributed by atoms with Crippen LogP contribution in [0.5, 0.6) is 5.75 Å². The van der Waals surface area contributed by atoms with Gasteiger partial charge in [0, 0.05) is 6.20 Å². The fraction of sp³-hybridized carbons (Fsp3) is 0.154. The van der Waals surface area contributed by atoms with Gasteiger partial charge in [-0.1, -0.05) is 12.1 Å². The molecule has 4 heteroatoms. The fourth-order valence-corrected chi connectivity index (χ4v) is 1.60. The smallest absolute Gasteiger partial charge is 0.339 e. The summed E-state index contributed by atoms with van der Waals surface area (Å²) in [6.07, 6.45) is 1.59. The lowest BCUT2D eigenvalue weighted by Crippen LogP contribution is -2.07. The lowest BCUT2D eigenvalue weighted by atomic mass is 10.2. The topological polar surface area (TPSA) is 62.3 Å². The molecule has 1 aromatic carbocycles. The molecule has 0 bridgehead atoms. The van der Waals surface area contributed by atoms with Crippen LogP contribution in [0.3, 0.4) is 0 Å². The molecular weight excluding hydrogens is 218 g/mol. The van der Waals surface area contributed by atoms with Gasteiger partial charge in [0.1, 0.15) is 17.4 Å². The zero-order chi connectivity index (χ0) is 12.3. The molecule has 88 valence electrons. The standard InChI is InChI=1S/C13H13NO3/c1-9(11-6-4-8-14-11)17-12-7-3-2-5-10(12)13(15)16/h2-9,14H,1H3,(H,15,16). The van der Waals surface area contributed by atoms with Gasteiger partial charge in [0.05, 0.1) is 5.69 Å². The molecule has 1 atom stereocenters. The van der Waals surface area contributed by atoms with Gasteiger partial charge in [-0.15, -0.1) is 0 Å². The van der Waals surface area contributed by atoms with E-state index in [0.29, 0.717) is 5.75 Å². The Hall–Kier alpha value is -2.23. The molecule has 0 saturated heterocycles. The van der Waals surface area contributed by atoms with Gasteiger partial charge in [0.2, 0.25) is 0 Å². The van der Waals surface area contributed by atoms with Crippen molar-refractivity contribution in [2.24, 2.45) is 0 Å². The molecule has 1 aromatic heterocycles. The van der Waals surface area contributed by atoms with Crippen molar-refractivity contribution in [3.8, 4) is 5.75 Å². The number of benzene rings is 1. The summed E-state index contributed by atoms with van der Waals surface area (Å²) in [5.74, 6) is -0.610. The summed E-state index contributed by atoms with van der Waals surface area (Å²) in [5, 5.41) is 9.02. The number of carboxylic acids is 1. The van der Waals surface area contributed by atoms with Crippen LogP contribution in [0.25, 0.3) is 0 Å². The number of carboxylic acid groups (broad SMARTS) is 1. The van der Waals surface area contributed by atoms with E-state index in [1.807, 2.05) is 19.1 Å². The summed E-state index contributed by atoms with van der Waals surface area (Å²) in [6, 6.07) is 10.4. The minimum atomic E-state index is -0.987. The van der Waals surface area contributed by atoms with Gasteiger partial charge >= 0.3 is 5.97 Å². The van der Waals surface area contributed by atoms with Gasteiger partial charge in [-0.2, -0.15) is 0 Å². The Balaban J connectivity index is 2.21. The Morgan fingerprint density at radius 3 is 2.71 bits per heavy atom. The van der Waals surface area contributed by atoms with Gasteiger partial charge < -0.3 is 14.8 Å². The second kappa shape index (κ2) is 4.74. The molecule has 0 spiro atoms. The van der Waals surface area contributed by atoms with E-state index in [0.717, 1.165) is 5.69 Å². The first kappa shape index (κ1) is 11.3. The molecular formula is C13H13NO3. The molecule has 1 unspecified atom stereocenters. The summed E-state index contributed by atoms with van der Waals surface area (Å²) in [7, 11) is 0. The van der Waals surface area contributed by atoms with E-state index >= 15 is 0 Å². The van der Waals surface area contributed by atoms with Crippen LogP contribution < -0.4 is 4.74 Å². The second-order valence-corrected chi connectivity index (χ2v) is 3.69. The Labute approximate surface area is 98.9 Å². The predicted octanol–water partition coefficient (Wildman–Crippen LogP) is 2.85. The van der Waals surface area contributed by atoms with Gasteiger partial charge in [-0.25, -0.2) is 4.79 Å². The number of carbonyl (C=O) groups is 1. The number of aromatic carboxylic acids is 1. The van der Waals surface area contributed by atoms with E-state index < -0.39 is 5.97 Å². The fourth-order valence-electron chi connectivity index (χ4n) is 1.60. The van der Waals surface area contributed by atoms with Crippen LogP contribution in [0, 0.1) is 0 Å². The highest BCUT2D eigenvalue weighted by molar-refractivity contribution is 5.90. The van der Waals surface area contributed by atoms with Crippen molar-refractivity contribution in [1.29, 1.82) is 0 Å². The van der Waals surface area contributed by atoms with Crippen LogP contribution >= 0.6 is 0 Å². The molecule has 0 fully saturated rings. The van der Waals surface area contributed by atoms with Crippen molar-refractivity contribution in [2.75, 3.05) is 0 Å². The van der Waals surface area contributed by atoms with Crippen LogP contribution in [-0.4, -0.2) is 16.1 Å². The number of para-hydroxylation sites is 1. The van der Waals surface area contributed by atoms with Crippen molar-refractivity contribution >= 4 is 5.97 Å². The molecule has 0 radical (unpaired) electrons. The number of ether oxygens (including phenoxy) is 1. The lowest BCUT2D eigenvalue weighted by molar-refractivity contribution is 0.0689. The van der Waals surface area contributed by atoms with Gasteiger partial charge in [0.15, 0.2) is 0 Å². The van der Waals surface area contributed by atoms with E-state index in [1.54, 1.807) is 24.4 Å². The van der Waals surface area contributed by atoms with E-state index in [4.69, 9.17) is 9.84 Å². The third kappa shape index (κ3) is 2.47. The predicted molar refractivity (Wildman–Crippen MR) is 63.2 cm³/mol. The number of hydrogen-bond donors (Lipinski definition) is 2. The van der Waals surface area contributed by atoms with E-state index in [1.165, 1.54) is 6.07 Å². The van der Waals surface area contributed by atoms with E-state index in [-0.39, 0.29) is 11.7 Å². The minimum absolute atomic E-state index is 0.172. The first-order valence-corrected chi connectivity index (χ1v) is 5.30. The first-order chi connectivity index (χ1) is 8.18. The Kier molecular flexibility index (Phi) is 3.14. The third-order valence-corrected chi connectivity index (χ3v) is 2.48. The van der Waals surface area contributed by atoms with Crippen LogP contribution in [-0.2, 0) is 0 Å². The van der Waals surface area contributed by atoms with E-state index in [9.17, 15) is 4.79 Å². The zero-order valence-corrected chi connectivity index (χ0v) is 9.38. The molecule has 2 N–H and O–H groups in total. The van der Waals surface area contributed by atoms with Crippen LogP contribution in [0.4, 0.5) is 0 Å². The number of nitrogens with one attached hydrogen (secondary N) is 1. The maximum absolute atomic E-state index is 11.0. The lowest BCUT2D eigenvalue weighted by Gasteiger charge is -2.15. The number of aromatic nitrogens is 1. The summed E-state index contributed by atoms with van der Waals surface area (Å²) < 4.78 is 5.64. The Bertz CT molecular complexity index is 505. The normalized spacial score (nSPS) is 12.1. The molecule has 2 aromatic rings. The molecule has 2 rings (SSSR count). The molecule has 0 amide bonds. The van der Waals surface area contributed by atoms with Gasteiger partial charge in [-0.3, -0.25) is 0 Å². The molecule has 0 aliphatic carbocycles. The molecule has 17 heavy (non-hydrogen) atoms. The van der Waals surface area contributed by atoms with Crippen molar-refractivity contribution in [2.45, 2.75) is 13.0 Å². The number of hydrogen-bond acceptors (Lipinski definition) is 2. The van der Waals surface area contributed by atoms with Crippen LogP contribution in [0.2, 0.25) is 0 Å². The van der Waals surface area contributed by atoms with E-state index in [2.05, 4.69) is 4.98 Å². The zero-order valence-electron chi connectivity index (χ0n) is 9.38. The highest BCUT2D eigenvalue weighted by atomic mass is 16.5. The van der Waals surface area contributed by atoms with Gasteiger partial charge in [0.25, 0.3) is 0 Å². The van der Waals surface area contributed by atoms with Crippen molar-refractivity contribution < 1.29 is 14.6 Å². The first-order valence-electron chi connectivity index (χ1n) is 5.30. The maximum Gasteiger partial charge on any atom is 0.339 e. The minimum Gasteiger partial charge on any atom is -0.484 e. The average molecular weight is 231 g/mol. The van der Waals surface area contributed by atoms with Crippen molar-refractivity contribution in [3.63, 3.8) is 0 Å². The van der Waals surface area contributed by atoms with Crippen molar-refractivity contribution in [3.05, 3.63) is 53.9 Å². The highest BCUT2D eigenvalue weighted by Crippen LogP contribution is 2.24. The summed E-state index contributed by atoms with van der Waals surface area (Å²) >= 11 is 0. The molecule has 4 nitrogen and oxygen atoms in total. The Morgan fingerprint density at radius 2 is 2.06 bits per heavy atom. The summed E-state index contributed by atoms with van der Waals surface area (Å²) in [6.45, 7) is 1.87. The average Bonchev–Trinajstić information content (AvgIpc) is 2.83. The number of aromatic amines is 1. The van der Waals surface area contributed by atoms with Crippen LogP contribution in [0.15, 0.2) is 42.6 Å². The number of H-pyrrole nitrogens is 1. The van der Waals surface area contributed by atoms with Crippen molar-refractivity contribution in [1.82, 2.24) is 4.98 Å². The van der Waals surface area contributed by atoms with Crippen LogP contribution in [0.1, 0.15) is 29.1 Å². The molecule has 1 heterocycles. The SMILES string of the molecule is CC(Oc1ccccc1C(=O)O)c1ccc[nH]1. The highest BCUT2D eigenvalue weighted by Gasteiger charge is 2.14. The second-order valence-electron chi connectivity index (χ2n) is 3.69.